The van der Waals surface area contributed by atoms with E-state index in [-0.39, 0.29) is 0 Å². The minimum absolute atomic E-state index is 0.406. The molecule has 0 spiro atoms. The fraction of sp³-hybridized carbons (Fsp3) is 0.200. The summed E-state index contributed by atoms with van der Waals surface area (Å²) in [5, 5.41) is 5.33. The van der Waals surface area contributed by atoms with E-state index < -0.39 is 0 Å². The molecule has 0 amide bonds. The maximum Gasteiger partial charge on any atom is 0.151 e. The van der Waals surface area contributed by atoms with Crippen molar-refractivity contribution in [3.8, 4) is 5.75 Å². The number of hydrogen-bond acceptors (Lipinski definition) is 5. The van der Waals surface area contributed by atoms with Gasteiger partial charge in [0.2, 0.25) is 0 Å². The van der Waals surface area contributed by atoms with Crippen LogP contribution in [0.2, 0.25) is 0 Å². The lowest BCUT2D eigenvalue weighted by Gasteiger charge is -2.11. The first-order chi connectivity index (χ1) is 10.3. The molecule has 3 aromatic rings. The molecule has 0 radical (unpaired) electrons. The first kappa shape index (κ1) is 14.1. The highest BCUT2D eigenvalue weighted by Crippen LogP contribution is 2.30. The van der Waals surface area contributed by atoms with Crippen LogP contribution < -0.4 is 10.1 Å². The van der Waals surface area contributed by atoms with Gasteiger partial charge < -0.3 is 10.1 Å². The highest BCUT2D eigenvalue weighted by Gasteiger charge is 2.08. The van der Waals surface area contributed by atoms with Crippen molar-refractivity contribution in [3.05, 3.63) is 41.5 Å². The fourth-order valence-electron chi connectivity index (χ4n) is 2.07. The number of halogens is 1. The van der Waals surface area contributed by atoms with Crippen molar-refractivity contribution >= 4 is 44.7 Å². The molecule has 6 heteroatoms. The maximum atomic E-state index is 5.99. The quantitative estimate of drug-likeness (QED) is 0.700. The monoisotopic (exact) mass is 319 g/mol. The Morgan fingerprint density at radius 2 is 2.19 bits per heavy atom. The zero-order valence-corrected chi connectivity index (χ0v) is 13.0. The smallest absolute Gasteiger partial charge is 0.151 e. The van der Waals surface area contributed by atoms with E-state index in [4.69, 9.17) is 16.3 Å². The van der Waals surface area contributed by atoms with Gasteiger partial charge in [-0.15, -0.1) is 22.9 Å². The molecule has 0 saturated heterocycles. The van der Waals surface area contributed by atoms with Crippen molar-refractivity contribution in [3.63, 3.8) is 0 Å². The molecule has 0 saturated carbocycles. The summed E-state index contributed by atoms with van der Waals surface area (Å²) in [6, 6.07) is 7.85. The molecule has 0 atom stereocenters. The Balaban J connectivity index is 1.92. The van der Waals surface area contributed by atoms with Crippen LogP contribution in [-0.4, -0.2) is 16.6 Å². The molecular formula is C15H14ClN3OS. The van der Waals surface area contributed by atoms with Crippen molar-refractivity contribution in [2.24, 2.45) is 0 Å². The molecule has 0 aliphatic carbocycles. The Bertz CT molecular complexity index is 760. The third-order valence-corrected chi connectivity index (χ3v) is 4.21. The van der Waals surface area contributed by atoms with Crippen LogP contribution in [0.5, 0.6) is 5.75 Å². The van der Waals surface area contributed by atoms with Crippen LogP contribution in [0.3, 0.4) is 0 Å². The lowest BCUT2D eigenvalue weighted by molar-refractivity contribution is 0.337. The Labute approximate surface area is 131 Å². The zero-order valence-electron chi connectivity index (χ0n) is 11.5. The lowest BCUT2D eigenvalue weighted by atomic mass is 10.2. The summed E-state index contributed by atoms with van der Waals surface area (Å²) < 4.78 is 6.60. The van der Waals surface area contributed by atoms with Crippen molar-refractivity contribution < 1.29 is 4.74 Å². The van der Waals surface area contributed by atoms with Crippen molar-refractivity contribution in [1.82, 2.24) is 9.97 Å². The van der Waals surface area contributed by atoms with Gasteiger partial charge in [0.25, 0.3) is 0 Å². The van der Waals surface area contributed by atoms with Crippen molar-refractivity contribution in [1.29, 1.82) is 0 Å². The lowest BCUT2D eigenvalue weighted by Crippen LogP contribution is -1.98. The average molecular weight is 320 g/mol. The number of alkyl halides is 1. The molecule has 4 nitrogen and oxygen atoms in total. The fourth-order valence-corrected chi connectivity index (χ4v) is 3.07. The SMILES string of the molecule is CCOc1ccc(Nc2ncnc3ccsc23)cc1CCl. The molecule has 0 aliphatic rings. The molecule has 21 heavy (non-hydrogen) atoms. The van der Waals surface area contributed by atoms with Gasteiger partial charge in [-0.3, -0.25) is 0 Å². The number of fused-ring (bicyclic) bond motifs is 1. The largest absolute Gasteiger partial charge is 0.494 e. The summed E-state index contributed by atoms with van der Waals surface area (Å²) in [6.45, 7) is 2.58. The molecule has 1 aromatic carbocycles. The maximum absolute atomic E-state index is 5.99. The summed E-state index contributed by atoms with van der Waals surface area (Å²) in [7, 11) is 0. The van der Waals surface area contributed by atoms with E-state index in [2.05, 4.69) is 15.3 Å². The Morgan fingerprint density at radius 3 is 3.00 bits per heavy atom. The van der Waals surface area contributed by atoms with Gasteiger partial charge >= 0.3 is 0 Å². The van der Waals surface area contributed by atoms with Crippen molar-refractivity contribution in [2.45, 2.75) is 12.8 Å². The number of ether oxygens (including phenoxy) is 1. The van der Waals surface area contributed by atoms with Gasteiger partial charge in [-0.05, 0) is 36.6 Å². The first-order valence-corrected chi connectivity index (χ1v) is 8.00. The number of thiophene rings is 1. The predicted octanol–water partition coefficient (Wildman–Crippen LogP) is 4.57. The van der Waals surface area contributed by atoms with Gasteiger partial charge in [-0.2, -0.15) is 0 Å². The van der Waals surface area contributed by atoms with E-state index in [9.17, 15) is 0 Å². The van der Waals surface area contributed by atoms with E-state index >= 15 is 0 Å². The highest BCUT2D eigenvalue weighted by atomic mass is 35.5. The molecule has 108 valence electrons. The minimum Gasteiger partial charge on any atom is -0.494 e. The topological polar surface area (TPSA) is 47.0 Å². The molecule has 2 aromatic heterocycles. The summed E-state index contributed by atoms with van der Waals surface area (Å²) in [5.41, 5.74) is 2.84. The molecule has 0 aliphatic heterocycles. The van der Waals surface area contributed by atoms with E-state index in [1.54, 1.807) is 17.7 Å². The van der Waals surface area contributed by atoms with E-state index in [0.717, 1.165) is 33.0 Å². The molecule has 1 N–H and O–H groups in total. The summed E-state index contributed by atoms with van der Waals surface area (Å²) in [5.74, 6) is 2.03. The molecule has 0 bridgehead atoms. The number of anilines is 2. The normalized spacial score (nSPS) is 10.8. The minimum atomic E-state index is 0.406. The number of nitrogens with zero attached hydrogens (tertiary/aromatic N) is 2. The van der Waals surface area contributed by atoms with Crippen LogP contribution in [0.4, 0.5) is 11.5 Å². The van der Waals surface area contributed by atoms with Crippen LogP contribution in [-0.2, 0) is 5.88 Å². The summed E-state index contributed by atoms with van der Waals surface area (Å²) in [4.78, 5) is 8.55. The van der Waals surface area contributed by atoms with Crippen LogP contribution in [0, 0.1) is 0 Å². The number of aromatic nitrogens is 2. The van der Waals surface area contributed by atoms with Gasteiger partial charge in [-0.1, -0.05) is 0 Å². The third kappa shape index (κ3) is 2.94. The van der Waals surface area contributed by atoms with Gasteiger partial charge in [0, 0.05) is 11.3 Å². The summed E-state index contributed by atoms with van der Waals surface area (Å²) in [6.07, 6.45) is 1.56. The second kappa shape index (κ2) is 6.28. The van der Waals surface area contributed by atoms with Crippen LogP contribution in [0.25, 0.3) is 10.2 Å². The summed E-state index contributed by atoms with van der Waals surface area (Å²) >= 11 is 7.61. The van der Waals surface area contributed by atoms with Gasteiger partial charge in [-0.25, -0.2) is 9.97 Å². The van der Waals surface area contributed by atoms with E-state index in [1.165, 1.54) is 0 Å². The second-order valence-electron chi connectivity index (χ2n) is 4.37. The van der Waals surface area contributed by atoms with E-state index in [0.29, 0.717) is 12.5 Å². The van der Waals surface area contributed by atoms with Gasteiger partial charge in [0.05, 0.1) is 22.7 Å². The van der Waals surface area contributed by atoms with Crippen LogP contribution in [0.1, 0.15) is 12.5 Å². The zero-order chi connectivity index (χ0) is 14.7. The second-order valence-corrected chi connectivity index (χ2v) is 5.55. The number of nitrogens with one attached hydrogen (secondary N) is 1. The van der Waals surface area contributed by atoms with Crippen molar-refractivity contribution in [2.75, 3.05) is 11.9 Å². The Hall–Kier alpha value is -1.85. The predicted molar refractivity (Wildman–Crippen MR) is 87.9 cm³/mol. The Morgan fingerprint density at radius 1 is 1.29 bits per heavy atom. The highest BCUT2D eigenvalue weighted by molar-refractivity contribution is 7.17. The molecule has 0 unspecified atom stereocenters. The molecule has 3 rings (SSSR count). The molecule has 2 heterocycles. The van der Waals surface area contributed by atoms with Crippen LogP contribution >= 0.6 is 22.9 Å². The number of benzene rings is 1. The third-order valence-electron chi connectivity index (χ3n) is 3.01. The molecule has 0 fully saturated rings. The standard InChI is InChI=1S/C15H14ClN3OS/c1-2-20-13-4-3-11(7-10(13)8-16)19-15-14-12(5-6-21-14)17-9-18-15/h3-7,9H,2,8H2,1H3,(H,17,18,19). The number of hydrogen-bond donors (Lipinski definition) is 1. The molecular weight excluding hydrogens is 306 g/mol. The Kier molecular flexibility index (Phi) is 4.22. The van der Waals surface area contributed by atoms with Crippen LogP contribution in [0.15, 0.2) is 36.0 Å². The average Bonchev–Trinajstić information content (AvgIpc) is 2.98. The van der Waals surface area contributed by atoms with Gasteiger partial charge in [0.1, 0.15) is 12.1 Å². The van der Waals surface area contributed by atoms with Gasteiger partial charge in [0.15, 0.2) is 5.82 Å². The van der Waals surface area contributed by atoms with E-state index in [1.807, 2.05) is 36.6 Å². The first-order valence-electron chi connectivity index (χ1n) is 6.58. The number of rotatable bonds is 5.